The number of carbonyl (C=O) groups is 1. The SMILES string of the molecule is CC1CCC(Cn2c(N3CCO[C@H]4CCC[C@@H]43)nc3cc(C4NOC(=O)N4)nc(-c4cncc(Cl)c4)c32)CC1. The number of imidazole rings is 1. The summed E-state index contributed by atoms with van der Waals surface area (Å²) in [6.45, 7) is 4.76. The first-order chi connectivity index (χ1) is 19.0. The van der Waals surface area contributed by atoms with E-state index >= 15 is 0 Å². The number of hydroxylamine groups is 1. The number of morpholine rings is 1. The van der Waals surface area contributed by atoms with E-state index in [2.05, 4.69) is 32.2 Å². The summed E-state index contributed by atoms with van der Waals surface area (Å²) in [6.07, 6.45) is 10.9. The van der Waals surface area contributed by atoms with E-state index in [4.69, 9.17) is 31.1 Å². The molecular weight excluding hydrogens is 518 g/mol. The number of nitrogens with one attached hydrogen (secondary N) is 2. The topological polar surface area (TPSA) is 106 Å². The van der Waals surface area contributed by atoms with E-state index in [1.165, 1.54) is 32.1 Å². The van der Waals surface area contributed by atoms with Gasteiger partial charge in [0, 0.05) is 31.0 Å². The number of amides is 1. The van der Waals surface area contributed by atoms with Gasteiger partial charge in [-0.3, -0.25) is 10.3 Å². The Morgan fingerprint density at radius 1 is 1.10 bits per heavy atom. The number of hydrogen-bond acceptors (Lipinski definition) is 8. The number of hydrogen-bond donors (Lipinski definition) is 2. The molecule has 7 rings (SSSR count). The van der Waals surface area contributed by atoms with E-state index in [0.29, 0.717) is 29.3 Å². The summed E-state index contributed by atoms with van der Waals surface area (Å²) in [7, 11) is 0. The third kappa shape index (κ3) is 4.72. The molecule has 1 unspecified atom stereocenters. The van der Waals surface area contributed by atoms with Crippen LogP contribution in [0, 0.1) is 11.8 Å². The van der Waals surface area contributed by atoms with Crippen LogP contribution in [0.3, 0.4) is 0 Å². The van der Waals surface area contributed by atoms with Crippen molar-refractivity contribution in [3.8, 4) is 11.3 Å². The zero-order valence-electron chi connectivity index (χ0n) is 22.1. The molecule has 0 bridgehead atoms. The van der Waals surface area contributed by atoms with Gasteiger partial charge >= 0.3 is 6.09 Å². The Bertz CT molecular complexity index is 1390. The highest BCUT2D eigenvalue weighted by molar-refractivity contribution is 6.30. The van der Waals surface area contributed by atoms with Crippen LogP contribution in [0.4, 0.5) is 10.7 Å². The van der Waals surface area contributed by atoms with Gasteiger partial charge in [0.15, 0.2) is 6.17 Å². The predicted molar refractivity (Wildman–Crippen MR) is 147 cm³/mol. The highest BCUT2D eigenvalue weighted by Gasteiger charge is 2.39. The Balaban J connectivity index is 1.41. The average Bonchev–Trinajstić information content (AvgIpc) is 3.68. The Morgan fingerprint density at radius 3 is 2.77 bits per heavy atom. The molecule has 3 atom stereocenters. The van der Waals surface area contributed by atoms with Gasteiger partial charge in [-0.1, -0.05) is 31.4 Å². The number of rotatable bonds is 5. The van der Waals surface area contributed by atoms with Crippen LogP contribution in [0.2, 0.25) is 5.02 Å². The van der Waals surface area contributed by atoms with E-state index in [0.717, 1.165) is 60.1 Å². The molecule has 4 aliphatic rings. The lowest BCUT2D eigenvalue weighted by atomic mass is 9.83. The van der Waals surface area contributed by atoms with Gasteiger partial charge in [0.05, 0.1) is 46.2 Å². The van der Waals surface area contributed by atoms with E-state index in [-0.39, 0.29) is 6.10 Å². The van der Waals surface area contributed by atoms with Crippen LogP contribution in [0.1, 0.15) is 63.7 Å². The first-order valence-electron chi connectivity index (χ1n) is 14.2. The largest absolute Gasteiger partial charge is 0.427 e. The number of nitrogens with zero attached hydrogens (tertiary/aromatic N) is 5. The standard InChI is InChI=1S/C28H34ClN7O3/c1-16-5-7-17(8-6-16)15-36-25-20(32-27(36)35-9-10-38-23-4-2-3-22(23)35)12-21(26-33-28(37)39-34-26)31-24(25)18-11-19(29)14-30-13-18/h11-14,16-17,22-23,26,34H,2-10,15H2,1H3,(H,33,37)/t16?,17?,22-,23-,26?/m0/s1. The highest BCUT2D eigenvalue weighted by atomic mass is 35.5. The monoisotopic (exact) mass is 551 g/mol. The summed E-state index contributed by atoms with van der Waals surface area (Å²) < 4.78 is 8.56. The summed E-state index contributed by atoms with van der Waals surface area (Å²) >= 11 is 6.40. The molecule has 0 spiro atoms. The van der Waals surface area contributed by atoms with Crippen molar-refractivity contribution in [2.24, 2.45) is 11.8 Å². The minimum absolute atomic E-state index is 0.253. The molecule has 0 radical (unpaired) electrons. The van der Waals surface area contributed by atoms with Crippen LogP contribution in [-0.2, 0) is 16.1 Å². The molecule has 206 valence electrons. The Hall–Kier alpha value is -2.95. The van der Waals surface area contributed by atoms with E-state index < -0.39 is 12.3 Å². The number of ether oxygens (including phenoxy) is 1. The van der Waals surface area contributed by atoms with E-state index in [9.17, 15) is 4.79 Å². The Kier molecular flexibility index (Phi) is 6.57. The van der Waals surface area contributed by atoms with Crippen molar-refractivity contribution in [1.82, 2.24) is 30.3 Å². The van der Waals surface area contributed by atoms with Gasteiger partial charge < -0.3 is 19.0 Å². The Morgan fingerprint density at radius 2 is 1.97 bits per heavy atom. The number of halogens is 1. The lowest BCUT2D eigenvalue weighted by molar-refractivity contribution is 0.0247. The molecule has 39 heavy (non-hydrogen) atoms. The second-order valence-corrected chi connectivity index (χ2v) is 11.9. The van der Waals surface area contributed by atoms with Crippen LogP contribution < -0.4 is 15.7 Å². The van der Waals surface area contributed by atoms with Crippen molar-refractivity contribution in [2.45, 2.75) is 76.7 Å². The maximum Gasteiger partial charge on any atom is 0.427 e. The summed E-state index contributed by atoms with van der Waals surface area (Å²) in [4.78, 5) is 34.0. The van der Waals surface area contributed by atoms with Gasteiger partial charge in [-0.15, -0.1) is 5.48 Å². The maximum absolute atomic E-state index is 11.8. The fourth-order valence-corrected chi connectivity index (χ4v) is 6.99. The molecule has 2 aliphatic heterocycles. The van der Waals surface area contributed by atoms with Crippen molar-refractivity contribution in [2.75, 3.05) is 18.1 Å². The summed E-state index contributed by atoms with van der Waals surface area (Å²) in [5.41, 5.74) is 6.72. The molecule has 4 fully saturated rings. The zero-order valence-corrected chi connectivity index (χ0v) is 22.9. The van der Waals surface area contributed by atoms with Crippen molar-refractivity contribution in [3.05, 3.63) is 35.2 Å². The molecule has 1 amide bonds. The molecule has 11 heteroatoms. The van der Waals surface area contributed by atoms with Gasteiger partial charge in [-0.2, -0.15) is 0 Å². The van der Waals surface area contributed by atoms with E-state index in [1.54, 1.807) is 12.4 Å². The molecule has 3 aromatic rings. The molecule has 5 heterocycles. The molecule has 2 saturated heterocycles. The van der Waals surface area contributed by atoms with Crippen LogP contribution >= 0.6 is 11.6 Å². The molecule has 2 N–H and O–H groups in total. The first-order valence-corrected chi connectivity index (χ1v) is 14.5. The number of aromatic nitrogens is 4. The smallest absolute Gasteiger partial charge is 0.374 e. The van der Waals surface area contributed by atoms with Crippen molar-refractivity contribution < 1.29 is 14.4 Å². The lowest BCUT2D eigenvalue weighted by Crippen LogP contribution is -2.49. The van der Waals surface area contributed by atoms with Crippen LogP contribution in [-0.4, -0.2) is 50.9 Å². The summed E-state index contributed by atoms with van der Waals surface area (Å²) in [5.74, 6) is 2.35. The fraction of sp³-hybridized carbons (Fsp3) is 0.571. The van der Waals surface area contributed by atoms with Crippen LogP contribution in [0.5, 0.6) is 0 Å². The minimum Gasteiger partial charge on any atom is -0.374 e. The van der Waals surface area contributed by atoms with Crippen molar-refractivity contribution >= 4 is 34.7 Å². The maximum atomic E-state index is 11.8. The van der Waals surface area contributed by atoms with Gasteiger partial charge in [0.25, 0.3) is 0 Å². The summed E-state index contributed by atoms with van der Waals surface area (Å²) in [6, 6.07) is 4.17. The number of carbonyl (C=O) groups excluding carboxylic acids is 1. The second kappa shape index (κ2) is 10.2. The van der Waals surface area contributed by atoms with Crippen molar-refractivity contribution in [3.63, 3.8) is 0 Å². The average molecular weight is 552 g/mol. The lowest BCUT2D eigenvalue weighted by Gasteiger charge is -2.39. The number of fused-ring (bicyclic) bond motifs is 2. The zero-order chi connectivity index (χ0) is 26.5. The van der Waals surface area contributed by atoms with Gasteiger partial charge in [-0.25, -0.2) is 14.8 Å². The molecule has 2 saturated carbocycles. The first kappa shape index (κ1) is 25.0. The quantitative estimate of drug-likeness (QED) is 0.457. The molecule has 10 nitrogen and oxygen atoms in total. The fourth-order valence-electron chi connectivity index (χ4n) is 6.81. The molecule has 3 aromatic heterocycles. The minimum atomic E-state index is -0.580. The second-order valence-electron chi connectivity index (χ2n) is 11.5. The normalized spacial score (nSPS) is 28.9. The number of anilines is 1. The van der Waals surface area contributed by atoms with Gasteiger partial charge in [0.1, 0.15) is 0 Å². The Labute approximate surface area is 232 Å². The van der Waals surface area contributed by atoms with Crippen LogP contribution in [0.15, 0.2) is 24.5 Å². The van der Waals surface area contributed by atoms with Gasteiger partial charge in [0.2, 0.25) is 5.95 Å². The molecular formula is C28H34ClN7O3. The third-order valence-electron chi connectivity index (χ3n) is 8.85. The van der Waals surface area contributed by atoms with Crippen LogP contribution in [0.25, 0.3) is 22.3 Å². The highest BCUT2D eigenvalue weighted by Crippen LogP contribution is 2.39. The molecule has 2 aliphatic carbocycles. The predicted octanol–water partition coefficient (Wildman–Crippen LogP) is 4.97. The van der Waals surface area contributed by atoms with E-state index in [1.807, 2.05) is 12.1 Å². The van der Waals surface area contributed by atoms with Gasteiger partial charge in [-0.05, 0) is 56.1 Å². The number of pyridine rings is 2. The summed E-state index contributed by atoms with van der Waals surface area (Å²) in [5, 5.41) is 3.31. The third-order valence-corrected chi connectivity index (χ3v) is 9.05. The molecule has 0 aromatic carbocycles. The van der Waals surface area contributed by atoms with Crippen molar-refractivity contribution in [1.29, 1.82) is 0 Å².